The molecule has 2 aromatic rings. The largest absolute Gasteiger partial charge is 0.478 e. The van der Waals surface area contributed by atoms with Crippen molar-refractivity contribution in [3.8, 4) is 0 Å². The predicted molar refractivity (Wildman–Crippen MR) is 62.7 cm³/mol. The molecule has 0 spiro atoms. The number of carboxylic acid groups (broad SMARTS) is 1. The Morgan fingerprint density at radius 3 is 2.60 bits per heavy atom. The number of carboxylic acids is 1. The molecule has 0 bridgehead atoms. The van der Waals surface area contributed by atoms with Gasteiger partial charge in [-0.2, -0.15) is 0 Å². The molecule has 76 valence electrons. The molecular weight excluding hydrogens is 208 g/mol. The van der Waals surface area contributed by atoms with Gasteiger partial charge in [-0.25, -0.2) is 4.79 Å². The fraction of sp³-hybridized carbons (Fsp3) is 0.0833. The highest BCUT2D eigenvalue weighted by Gasteiger charge is 2.12. The van der Waals surface area contributed by atoms with Gasteiger partial charge in [0.05, 0.1) is 5.56 Å². The van der Waals surface area contributed by atoms with Gasteiger partial charge < -0.3 is 5.11 Å². The number of fused-ring (bicyclic) bond motifs is 1. The Hall–Kier alpha value is -1.48. The van der Waals surface area contributed by atoms with E-state index in [1.54, 1.807) is 0 Å². The Labute approximate surface area is 91.9 Å². The summed E-state index contributed by atoms with van der Waals surface area (Å²) >= 11 is 1.46. The van der Waals surface area contributed by atoms with E-state index in [1.165, 1.54) is 11.8 Å². The zero-order chi connectivity index (χ0) is 10.8. The van der Waals surface area contributed by atoms with Crippen LogP contribution in [0.25, 0.3) is 10.8 Å². The van der Waals surface area contributed by atoms with Crippen LogP contribution in [0.4, 0.5) is 0 Å². The molecule has 0 saturated carbocycles. The molecule has 2 rings (SSSR count). The van der Waals surface area contributed by atoms with Crippen molar-refractivity contribution in [3.05, 3.63) is 42.0 Å². The lowest BCUT2D eigenvalue weighted by Crippen LogP contribution is -1.99. The van der Waals surface area contributed by atoms with Crippen molar-refractivity contribution < 1.29 is 9.90 Å². The predicted octanol–water partition coefficient (Wildman–Crippen LogP) is 3.26. The lowest BCUT2D eigenvalue weighted by molar-refractivity contribution is 0.0695. The molecular formula is C12H10O2S. The third kappa shape index (κ3) is 1.70. The molecule has 0 atom stereocenters. The summed E-state index contributed by atoms with van der Waals surface area (Å²) in [7, 11) is 0. The third-order valence-electron chi connectivity index (χ3n) is 2.32. The first-order chi connectivity index (χ1) is 7.24. The Morgan fingerprint density at radius 2 is 1.93 bits per heavy atom. The number of aromatic carboxylic acids is 1. The molecule has 0 saturated heterocycles. The molecule has 0 aliphatic heterocycles. The minimum Gasteiger partial charge on any atom is -0.478 e. The van der Waals surface area contributed by atoms with Crippen molar-refractivity contribution >= 4 is 28.5 Å². The molecule has 0 radical (unpaired) electrons. The van der Waals surface area contributed by atoms with E-state index in [9.17, 15) is 9.90 Å². The average molecular weight is 218 g/mol. The molecule has 1 N–H and O–H groups in total. The maximum absolute atomic E-state index is 11.2. The summed E-state index contributed by atoms with van der Waals surface area (Å²) in [6.07, 6.45) is 1.89. The fourth-order valence-corrected chi connectivity index (χ4v) is 2.25. The molecule has 0 amide bonds. The summed E-state index contributed by atoms with van der Waals surface area (Å²) in [6, 6.07) is 11.3. The number of thioether (sulfide) groups is 1. The summed E-state index contributed by atoms with van der Waals surface area (Å²) in [5, 5.41) is 10.9. The van der Waals surface area contributed by atoms with Crippen LogP contribution >= 0.6 is 11.8 Å². The number of benzene rings is 2. The van der Waals surface area contributed by atoms with Crippen LogP contribution in [0.15, 0.2) is 41.3 Å². The molecule has 3 heteroatoms. The topological polar surface area (TPSA) is 37.3 Å². The van der Waals surface area contributed by atoms with Crippen LogP contribution in [0.3, 0.4) is 0 Å². The van der Waals surface area contributed by atoms with Gasteiger partial charge in [-0.15, -0.1) is 11.8 Å². The van der Waals surface area contributed by atoms with Crippen molar-refractivity contribution in [1.82, 2.24) is 0 Å². The van der Waals surface area contributed by atoms with Gasteiger partial charge in [0.25, 0.3) is 0 Å². The quantitative estimate of drug-likeness (QED) is 0.786. The number of hydrogen-bond acceptors (Lipinski definition) is 2. The summed E-state index contributed by atoms with van der Waals surface area (Å²) in [6.45, 7) is 0. The zero-order valence-electron chi connectivity index (χ0n) is 8.23. The number of rotatable bonds is 2. The van der Waals surface area contributed by atoms with E-state index in [4.69, 9.17) is 0 Å². The van der Waals surface area contributed by atoms with Gasteiger partial charge in [-0.1, -0.05) is 30.3 Å². The van der Waals surface area contributed by atoms with Gasteiger partial charge >= 0.3 is 5.97 Å². The van der Waals surface area contributed by atoms with Crippen molar-refractivity contribution in [2.75, 3.05) is 6.26 Å². The van der Waals surface area contributed by atoms with Crippen LogP contribution in [0, 0.1) is 0 Å². The van der Waals surface area contributed by atoms with Gasteiger partial charge in [0.1, 0.15) is 0 Å². The molecule has 0 unspecified atom stereocenters. The van der Waals surface area contributed by atoms with Gasteiger partial charge in [0.15, 0.2) is 0 Å². The Bertz CT molecular complexity index is 520. The summed E-state index contributed by atoms with van der Waals surface area (Å²) in [4.78, 5) is 12.0. The van der Waals surface area contributed by atoms with E-state index in [-0.39, 0.29) is 0 Å². The van der Waals surface area contributed by atoms with Gasteiger partial charge in [0.2, 0.25) is 0 Å². The van der Waals surface area contributed by atoms with E-state index in [1.807, 2.05) is 42.7 Å². The van der Waals surface area contributed by atoms with Gasteiger partial charge in [-0.3, -0.25) is 0 Å². The van der Waals surface area contributed by atoms with Crippen LogP contribution in [-0.4, -0.2) is 17.3 Å². The van der Waals surface area contributed by atoms with E-state index in [0.29, 0.717) is 5.56 Å². The zero-order valence-corrected chi connectivity index (χ0v) is 9.04. The molecule has 2 aromatic carbocycles. The van der Waals surface area contributed by atoms with Gasteiger partial charge in [-0.05, 0) is 23.1 Å². The number of hydrogen-bond donors (Lipinski definition) is 1. The lowest BCUT2D eigenvalue weighted by Gasteiger charge is -2.06. The minimum atomic E-state index is -0.865. The van der Waals surface area contributed by atoms with E-state index in [0.717, 1.165) is 15.7 Å². The van der Waals surface area contributed by atoms with Crippen LogP contribution in [-0.2, 0) is 0 Å². The van der Waals surface area contributed by atoms with E-state index in [2.05, 4.69) is 0 Å². The van der Waals surface area contributed by atoms with Crippen molar-refractivity contribution in [2.45, 2.75) is 4.90 Å². The lowest BCUT2D eigenvalue weighted by atomic mass is 10.0. The molecule has 2 nitrogen and oxygen atoms in total. The van der Waals surface area contributed by atoms with Crippen LogP contribution in [0.5, 0.6) is 0 Å². The van der Waals surface area contributed by atoms with Crippen molar-refractivity contribution in [1.29, 1.82) is 0 Å². The van der Waals surface area contributed by atoms with Crippen LogP contribution in [0.2, 0.25) is 0 Å². The summed E-state index contributed by atoms with van der Waals surface area (Å²) in [5.74, 6) is -0.865. The smallest absolute Gasteiger partial charge is 0.337 e. The van der Waals surface area contributed by atoms with Crippen molar-refractivity contribution in [3.63, 3.8) is 0 Å². The third-order valence-corrected chi connectivity index (χ3v) is 3.10. The maximum Gasteiger partial charge on any atom is 0.337 e. The van der Waals surface area contributed by atoms with Gasteiger partial charge in [0, 0.05) is 4.90 Å². The molecule has 0 fully saturated rings. The Morgan fingerprint density at radius 1 is 1.20 bits per heavy atom. The Balaban J connectivity index is 2.85. The van der Waals surface area contributed by atoms with E-state index >= 15 is 0 Å². The normalized spacial score (nSPS) is 10.5. The first-order valence-corrected chi connectivity index (χ1v) is 5.75. The molecule has 0 heterocycles. The molecule has 0 aliphatic rings. The molecule has 0 aromatic heterocycles. The summed E-state index contributed by atoms with van der Waals surface area (Å²) in [5.41, 5.74) is 0.403. The molecule has 15 heavy (non-hydrogen) atoms. The second-order valence-electron chi connectivity index (χ2n) is 3.17. The maximum atomic E-state index is 11.2. The highest BCUT2D eigenvalue weighted by Crippen LogP contribution is 2.28. The summed E-state index contributed by atoms with van der Waals surface area (Å²) < 4.78 is 0. The first kappa shape index (κ1) is 10.1. The second kappa shape index (κ2) is 3.95. The van der Waals surface area contributed by atoms with Crippen molar-refractivity contribution in [2.24, 2.45) is 0 Å². The monoisotopic (exact) mass is 218 g/mol. The average Bonchev–Trinajstić information content (AvgIpc) is 2.27. The van der Waals surface area contributed by atoms with Crippen LogP contribution in [0.1, 0.15) is 10.4 Å². The minimum absolute atomic E-state index is 0.403. The SMILES string of the molecule is CSc1ccc2ccccc2c1C(=O)O. The second-order valence-corrected chi connectivity index (χ2v) is 4.02. The first-order valence-electron chi connectivity index (χ1n) is 4.53. The van der Waals surface area contributed by atoms with Crippen LogP contribution < -0.4 is 0 Å². The standard InChI is InChI=1S/C12H10O2S/c1-15-10-7-6-8-4-2-3-5-9(8)11(10)12(13)14/h2-7H,1H3,(H,13,14). The number of carbonyl (C=O) groups is 1. The highest BCUT2D eigenvalue weighted by atomic mass is 32.2. The van der Waals surface area contributed by atoms with E-state index < -0.39 is 5.97 Å². The molecule has 0 aliphatic carbocycles. The fourth-order valence-electron chi connectivity index (χ4n) is 1.64. The Kier molecular flexibility index (Phi) is 2.64. The highest BCUT2D eigenvalue weighted by molar-refractivity contribution is 7.98.